The summed E-state index contributed by atoms with van der Waals surface area (Å²) in [6.07, 6.45) is 0. The lowest BCUT2D eigenvalue weighted by atomic mass is 10.1. The van der Waals surface area contributed by atoms with E-state index in [9.17, 15) is 13.5 Å². The molecule has 0 aliphatic rings. The number of hydrogen-bond acceptors (Lipinski definition) is 4. The standard InChI is InChI=1S/C19H20N2O3S/c1-13-10-11-18(22)16(12-13)20-25(23,24)19-9-5-6-14-15(19)7-4-8-17(14)21(2)3/h4-12,20,22H,1-3H3. The Labute approximate surface area is 147 Å². The van der Waals surface area contributed by atoms with Crippen LogP contribution >= 0.6 is 0 Å². The highest BCUT2D eigenvalue weighted by molar-refractivity contribution is 7.93. The van der Waals surface area contributed by atoms with E-state index in [1.54, 1.807) is 30.3 Å². The van der Waals surface area contributed by atoms with Crippen LogP contribution in [0.25, 0.3) is 10.8 Å². The molecule has 2 N–H and O–H groups in total. The van der Waals surface area contributed by atoms with Crippen molar-refractivity contribution in [3.8, 4) is 5.75 Å². The van der Waals surface area contributed by atoms with Crippen LogP contribution in [-0.2, 0) is 10.0 Å². The van der Waals surface area contributed by atoms with E-state index in [1.165, 1.54) is 6.07 Å². The maximum Gasteiger partial charge on any atom is 0.262 e. The van der Waals surface area contributed by atoms with Gasteiger partial charge in [0, 0.05) is 30.6 Å². The summed E-state index contributed by atoms with van der Waals surface area (Å²) in [7, 11) is -0.0189. The van der Waals surface area contributed by atoms with E-state index in [4.69, 9.17) is 0 Å². The van der Waals surface area contributed by atoms with Gasteiger partial charge in [-0.2, -0.15) is 0 Å². The first-order chi connectivity index (χ1) is 11.8. The summed E-state index contributed by atoms with van der Waals surface area (Å²) in [6.45, 7) is 1.83. The topological polar surface area (TPSA) is 69.6 Å². The van der Waals surface area contributed by atoms with Gasteiger partial charge in [0.25, 0.3) is 10.0 Å². The summed E-state index contributed by atoms with van der Waals surface area (Å²) in [5.41, 5.74) is 1.96. The second kappa shape index (κ2) is 6.29. The molecule has 0 atom stereocenters. The van der Waals surface area contributed by atoms with Crippen molar-refractivity contribution in [2.24, 2.45) is 0 Å². The molecule has 25 heavy (non-hydrogen) atoms. The van der Waals surface area contributed by atoms with Crippen molar-refractivity contribution in [1.29, 1.82) is 0 Å². The summed E-state index contributed by atoms with van der Waals surface area (Å²) in [4.78, 5) is 2.12. The van der Waals surface area contributed by atoms with Crippen LogP contribution in [0.15, 0.2) is 59.5 Å². The third-order valence-corrected chi connectivity index (χ3v) is 5.45. The van der Waals surface area contributed by atoms with Crippen LogP contribution in [-0.4, -0.2) is 27.6 Å². The molecule has 0 spiro atoms. The van der Waals surface area contributed by atoms with Gasteiger partial charge in [-0.1, -0.05) is 30.3 Å². The van der Waals surface area contributed by atoms with E-state index in [1.807, 2.05) is 44.1 Å². The largest absolute Gasteiger partial charge is 0.506 e. The molecule has 0 saturated heterocycles. The Morgan fingerprint density at radius 3 is 2.36 bits per heavy atom. The van der Waals surface area contributed by atoms with Gasteiger partial charge < -0.3 is 10.0 Å². The Balaban J connectivity index is 2.15. The van der Waals surface area contributed by atoms with Crippen molar-refractivity contribution in [2.75, 3.05) is 23.7 Å². The zero-order chi connectivity index (χ0) is 18.2. The second-order valence-corrected chi connectivity index (χ2v) is 7.80. The van der Waals surface area contributed by atoms with Crippen molar-refractivity contribution in [2.45, 2.75) is 11.8 Å². The first-order valence-corrected chi connectivity index (χ1v) is 9.29. The Kier molecular flexibility index (Phi) is 4.30. The first-order valence-electron chi connectivity index (χ1n) is 7.81. The molecule has 0 aliphatic carbocycles. The van der Waals surface area contributed by atoms with Crippen LogP contribution in [0.3, 0.4) is 0 Å². The Bertz CT molecular complexity index is 1040. The second-order valence-electron chi connectivity index (χ2n) is 6.15. The number of aromatic hydroxyl groups is 1. The van der Waals surface area contributed by atoms with Crippen LogP contribution in [0, 0.1) is 6.92 Å². The zero-order valence-corrected chi connectivity index (χ0v) is 15.1. The third-order valence-electron chi connectivity index (χ3n) is 4.03. The fraction of sp³-hybridized carbons (Fsp3) is 0.158. The Morgan fingerprint density at radius 2 is 1.64 bits per heavy atom. The Morgan fingerprint density at radius 1 is 0.960 bits per heavy atom. The smallest absolute Gasteiger partial charge is 0.262 e. The number of phenols is 1. The quantitative estimate of drug-likeness (QED) is 0.699. The van der Waals surface area contributed by atoms with E-state index < -0.39 is 10.0 Å². The summed E-state index contributed by atoms with van der Waals surface area (Å²) in [6, 6.07) is 15.5. The molecule has 3 aromatic rings. The van der Waals surface area contributed by atoms with Crippen molar-refractivity contribution >= 4 is 32.2 Å². The number of nitrogens with one attached hydrogen (secondary N) is 1. The molecule has 0 saturated carbocycles. The lowest BCUT2D eigenvalue weighted by Crippen LogP contribution is -2.14. The zero-order valence-electron chi connectivity index (χ0n) is 14.3. The SMILES string of the molecule is Cc1ccc(O)c(NS(=O)(=O)c2cccc3c(N(C)C)cccc23)c1. The van der Waals surface area contributed by atoms with E-state index in [0.29, 0.717) is 5.39 Å². The van der Waals surface area contributed by atoms with E-state index in [0.717, 1.165) is 16.6 Å². The molecule has 0 aliphatic heterocycles. The molecule has 0 unspecified atom stereocenters. The minimum absolute atomic E-state index is 0.108. The minimum atomic E-state index is -3.85. The molecular formula is C19H20N2O3S. The molecule has 3 rings (SSSR count). The third kappa shape index (κ3) is 3.25. The highest BCUT2D eigenvalue weighted by Crippen LogP contribution is 2.32. The van der Waals surface area contributed by atoms with Gasteiger partial charge in [-0.25, -0.2) is 8.42 Å². The van der Waals surface area contributed by atoms with Crippen LogP contribution in [0.5, 0.6) is 5.75 Å². The molecule has 3 aromatic carbocycles. The van der Waals surface area contributed by atoms with E-state index in [-0.39, 0.29) is 16.3 Å². The number of anilines is 2. The molecule has 0 radical (unpaired) electrons. The van der Waals surface area contributed by atoms with Crippen molar-refractivity contribution in [3.63, 3.8) is 0 Å². The van der Waals surface area contributed by atoms with Crippen molar-refractivity contribution in [1.82, 2.24) is 0 Å². The van der Waals surface area contributed by atoms with Gasteiger partial charge in [-0.05, 0) is 36.8 Å². The highest BCUT2D eigenvalue weighted by Gasteiger charge is 2.20. The van der Waals surface area contributed by atoms with Gasteiger partial charge >= 0.3 is 0 Å². The molecule has 0 heterocycles. The number of benzene rings is 3. The van der Waals surface area contributed by atoms with Crippen molar-refractivity contribution in [3.05, 3.63) is 60.2 Å². The predicted molar refractivity (Wildman–Crippen MR) is 102 cm³/mol. The molecule has 6 heteroatoms. The molecule has 130 valence electrons. The number of hydrogen-bond donors (Lipinski definition) is 2. The van der Waals surface area contributed by atoms with Crippen LogP contribution in [0.2, 0.25) is 0 Å². The van der Waals surface area contributed by atoms with Gasteiger partial charge in [0.2, 0.25) is 0 Å². The molecule has 0 amide bonds. The summed E-state index contributed by atoms with van der Waals surface area (Å²) < 4.78 is 28.3. The highest BCUT2D eigenvalue weighted by atomic mass is 32.2. The van der Waals surface area contributed by atoms with Crippen molar-refractivity contribution < 1.29 is 13.5 Å². The number of fused-ring (bicyclic) bond motifs is 1. The number of rotatable bonds is 4. The number of aryl methyl sites for hydroxylation is 1. The van der Waals surface area contributed by atoms with Crippen LogP contribution in [0.4, 0.5) is 11.4 Å². The molecular weight excluding hydrogens is 336 g/mol. The molecule has 0 aromatic heterocycles. The molecule has 0 bridgehead atoms. The maximum absolute atomic E-state index is 12.9. The summed E-state index contributed by atoms with van der Waals surface area (Å²) in [5.74, 6) is -0.108. The summed E-state index contributed by atoms with van der Waals surface area (Å²) >= 11 is 0. The summed E-state index contributed by atoms with van der Waals surface area (Å²) in [5, 5.41) is 11.4. The van der Waals surface area contributed by atoms with E-state index >= 15 is 0 Å². The average molecular weight is 356 g/mol. The first kappa shape index (κ1) is 17.1. The number of sulfonamides is 1. The fourth-order valence-electron chi connectivity index (χ4n) is 2.82. The lowest BCUT2D eigenvalue weighted by molar-refractivity contribution is 0.477. The van der Waals surface area contributed by atoms with Crippen LogP contribution < -0.4 is 9.62 Å². The van der Waals surface area contributed by atoms with E-state index in [2.05, 4.69) is 4.72 Å². The normalized spacial score (nSPS) is 11.5. The predicted octanol–water partition coefficient (Wildman–Crippen LogP) is 3.72. The maximum atomic E-state index is 12.9. The molecule has 0 fully saturated rings. The Hall–Kier alpha value is -2.73. The lowest BCUT2D eigenvalue weighted by Gasteiger charge is -2.17. The van der Waals surface area contributed by atoms with Gasteiger partial charge in [-0.15, -0.1) is 0 Å². The van der Waals surface area contributed by atoms with Gasteiger partial charge in [0.1, 0.15) is 5.75 Å². The van der Waals surface area contributed by atoms with Crippen LogP contribution in [0.1, 0.15) is 5.56 Å². The van der Waals surface area contributed by atoms with Gasteiger partial charge in [0.05, 0.1) is 10.6 Å². The molecule has 5 nitrogen and oxygen atoms in total. The number of phenolic OH excluding ortho intramolecular Hbond substituents is 1. The monoisotopic (exact) mass is 356 g/mol. The average Bonchev–Trinajstić information content (AvgIpc) is 2.56. The van der Waals surface area contributed by atoms with Gasteiger partial charge in [0.15, 0.2) is 0 Å². The fourth-order valence-corrected chi connectivity index (χ4v) is 4.11. The minimum Gasteiger partial charge on any atom is -0.506 e. The number of nitrogens with zero attached hydrogens (tertiary/aromatic N) is 1. The van der Waals surface area contributed by atoms with Gasteiger partial charge in [-0.3, -0.25) is 4.72 Å².